The standard InChI is InChI=1S/C13H22N2O2S/c1-10-9-11(16)14-13(5-3-4-6-13)12(17)15(10)7-8-18-2/h10H,3-9H2,1-2H3,(H,14,16). The Morgan fingerprint density at radius 1 is 1.39 bits per heavy atom. The second-order valence-corrected chi connectivity index (χ2v) is 6.37. The quantitative estimate of drug-likeness (QED) is 0.843. The van der Waals surface area contributed by atoms with Crippen LogP contribution in [0.15, 0.2) is 0 Å². The van der Waals surface area contributed by atoms with Crippen molar-refractivity contribution in [3.8, 4) is 0 Å². The maximum Gasteiger partial charge on any atom is 0.248 e. The van der Waals surface area contributed by atoms with Crippen LogP contribution in [0.2, 0.25) is 0 Å². The summed E-state index contributed by atoms with van der Waals surface area (Å²) in [5.41, 5.74) is -0.583. The molecule has 1 saturated carbocycles. The molecule has 1 aliphatic carbocycles. The van der Waals surface area contributed by atoms with E-state index < -0.39 is 5.54 Å². The minimum absolute atomic E-state index is 0.0182. The first-order valence-corrected chi connectivity index (χ1v) is 8.09. The van der Waals surface area contributed by atoms with Crippen molar-refractivity contribution >= 4 is 23.6 Å². The van der Waals surface area contributed by atoms with Crippen molar-refractivity contribution in [2.24, 2.45) is 0 Å². The number of rotatable bonds is 3. The number of carbonyl (C=O) groups is 2. The van der Waals surface area contributed by atoms with Crippen LogP contribution in [0.25, 0.3) is 0 Å². The summed E-state index contributed by atoms with van der Waals surface area (Å²) >= 11 is 1.74. The predicted molar refractivity (Wildman–Crippen MR) is 73.5 cm³/mol. The molecule has 1 N–H and O–H groups in total. The first kappa shape index (κ1) is 13.7. The van der Waals surface area contributed by atoms with Gasteiger partial charge in [0.2, 0.25) is 11.8 Å². The van der Waals surface area contributed by atoms with Gasteiger partial charge in [0.05, 0.1) is 0 Å². The smallest absolute Gasteiger partial charge is 0.248 e. The molecule has 0 aromatic rings. The van der Waals surface area contributed by atoms with Crippen LogP contribution in [0.1, 0.15) is 39.0 Å². The van der Waals surface area contributed by atoms with E-state index in [2.05, 4.69) is 5.32 Å². The number of carbonyl (C=O) groups excluding carboxylic acids is 2. The highest BCUT2D eigenvalue weighted by Crippen LogP contribution is 2.34. The van der Waals surface area contributed by atoms with Crippen LogP contribution in [-0.2, 0) is 9.59 Å². The van der Waals surface area contributed by atoms with Gasteiger partial charge in [-0.15, -0.1) is 0 Å². The van der Waals surface area contributed by atoms with E-state index in [9.17, 15) is 9.59 Å². The highest BCUT2D eigenvalue weighted by atomic mass is 32.2. The fourth-order valence-electron chi connectivity index (χ4n) is 3.05. The molecular formula is C13H22N2O2S. The van der Waals surface area contributed by atoms with E-state index >= 15 is 0 Å². The fourth-order valence-corrected chi connectivity index (χ4v) is 3.43. The summed E-state index contributed by atoms with van der Waals surface area (Å²) in [6, 6.07) is 0.0182. The van der Waals surface area contributed by atoms with Gasteiger partial charge in [-0.05, 0) is 26.0 Å². The van der Waals surface area contributed by atoms with E-state index in [1.165, 1.54) is 0 Å². The summed E-state index contributed by atoms with van der Waals surface area (Å²) in [5.74, 6) is 1.11. The van der Waals surface area contributed by atoms with E-state index in [-0.39, 0.29) is 17.9 Å². The van der Waals surface area contributed by atoms with Gasteiger partial charge in [0.1, 0.15) is 5.54 Å². The number of nitrogens with one attached hydrogen (secondary N) is 1. The van der Waals surface area contributed by atoms with Crippen LogP contribution in [0.4, 0.5) is 0 Å². The molecule has 2 fully saturated rings. The molecule has 1 aliphatic heterocycles. The number of hydrogen-bond donors (Lipinski definition) is 1. The Morgan fingerprint density at radius 2 is 2.06 bits per heavy atom. The van der Waals surface area contributed by atoms with Crippen molar-refractivity contribution in [1.29, 1.82) is 0 Å². The van der Waals surface area contributed by atoms with E-state index in [0.29, 0.717) is 6.42 Å². The zero-order valence-electron chi connectivity index (χ0n) is 11.2. The molecule has 0 aromatic carbocycles. The van der Waals surface area contributed by atoms with Gasteiger partial charge in [-0.3, -0.25) is 9.59 Å². The lowest BCUT2D eigenvalue weighted by molar-refractivity contribution is -0.139. The SMILES string of the molecule is CSCCN1C(=O)C2(CCCC2)NC(=O)CC1C. The van der Waals surface area contributed by atoms with Crippen LogP contribution in [-0.4, -0.2) is 46.8 Å². The lowest BCUT2D eigenvalue weighted by Crippen LogP contribution is -2.56. The van der Waals surface area contributed by atoms with E-state index in [4.69, 9.17) is 0 Å². The van der Waals surface area contributed by atoms with Gasteiger partial charge in [0, 0.05) is 24.8 Å². The average Bonchev–Trinajstić information content (AvgIpc) is 2.75. The molecule has 1 unspecified atom stereocenters. The lowest BCUT2D eigenvalue weighted by Gasteiger charge is -2.34. The van der Waals surface area contributed by atoms with Gasteiger partial charge in [0.25, 0.3) is 0 Å². The summed E-state index contributed by atoms with van der Waals surface area (Å²) < 4.78 is 0. The molecule has 18 heavy (non-hydrogen) atoms. The minimum atomic E-state index is -0.583. The van der Waals surface area contributed by atoms with Gasteiger partial charge in [-0.2, -0.15) is 11.8 Å². The molecule has 102 valence electrons. The molecule has 0 radical (unpaired) electrons. The van der Waals surface area contributed by atoms with Crippen molar-refractivity contribution in [3.05, 3.63) is 0 Å². The second kappa shape index (κ2) is 5.51. The number of nitrogens with zero attached hydrogens (tertiary/aromatic N) is 1. The third-order valence-corrected chi connectivity index (χ3v) is 4.65. The third kappa shape index (κ3) is 2.51. The average molecular weight is 270 g/mol. The summed E-state index contributed by atoms with van der Waals surface area (Å²) in [6.07, 6.45) is 6.16. The van der Waals surface area contributed by atoms with Crippen molar-refractivity contribution in [2.75, 3.05) is 18.6 Å². The van der Waals surface area contributed by atoms with Crippen LogP contribution in [0.5, 0.6) is 0 Å². The first-order chi connectivity index (χ1) is 8.59. The minimum Gasteiger partial charge on any atom is -0.342 e. The van der Waals surface area contributed by atoms with Crippen molar-refractivity contribution < 1.29 is 9.59 Å². The van der Waals surface area contributed by atoms with E-state index in [1.807, 2.05) is 18.1 Å². The van der Waals surface area contributed by atoms with Gasteiger partial charge < -0.3 is 10.2 Å². The van der Waals surface area contributed by atoms with Gasteiger partial charge in [0.15, 0.2) is 0 Å². The maximum absolute atomic E-state index is 12.7. The largest absolute Gasteiger partial charge is 0.342 e. The molecule has 2 amide bonds. The second-order valence-electron chi connectivity index (χ2n) is 5.38. The maximum atomic E-state index is 12.7. The molecular weight excluding hydrogens is 248 g/mol. The Kier molecular flexibility index (Phi) is 4.20. The summed E-state index contributed by atoms with van der Waals surface area (Å²) in [6.45, 7) is 2.73. The Bertz CT molecular complexity index is 340. The van der Waals surface area contributed by atoms with Crippen molar-refractivity contribution in [2.45, 2.75) is 50.6 Å². The van der Waals surface area contributed by atoms with Gasteiger partial charge in [-0.25, -0.2) is 0 Å². The Morgan fingerprint density at radius 3 is 2.67 bits per heavy atom. The molecule has 0 aromatic heterocycles. The van der Waals surface area contributed by atoms with E-state index in [0.717, 1.165) is 38.0 Å². The van der Waals surface area contributed by atoms with E-state index in [1.54, 1.807) is 11.8 Å². The zero-order valence-corrected chi connectivity index (χ0v) is 12.0. The lowest BCUT2D eigenvalue weighted by atomic mass is 9.95. The number of thioether (sulfide) groups is 1. The molecule has 4 nitrogen and oxygen atoms in total. The zero-order chi connectivity index (χ0) is 13.2. The molecule has 1 heterocycles. The van der Waals surface area contributed by atoms with Gasteiger partial charge >= 0.3 is 0 Å². The predicted octanol–water partition coefficient (Wildman–Crippen LogP) is 1.40. The highest BCUT2D eigenvalue weighted by molar-refractivity contribution is 7.98. The van der Waals surface area contributed by atoms with Gasteiger partial charge in [-0.1, -0.05) is 12.8 Å². The van der Waals surface area contributed by atoms with Crippen molar-refractivity contribution in [3.63, 3.8) is 0 Å². The molecule has 2 aliphatic rings. The highest BCUT2D eigenvalue weighted by Gasteiger charge is 2.47. The van der Waals surface area contributed by atoms with Crippen LogP contribution >= 0.6 is 11.8 Å². The van der Waals surface area contributed by atoms with Crippen LogP contribution in [0.3, 0.4) is 0 Å². The Labute approximate surface area is 113 Å². The summed E-state index contributed by atoms with van der Waals surface area (Å²) in [7, 11) is 0. The molecule has 1 atom stereocenters. The monoisotopic (exact) mass is 270 g/mol. The van der Waals surface area contributed by atoms with Crippen molar-refractivity contribution in [1.82, 2.24) is 10.2 Å². The third-order valence-electron chi connectivity index (χ3n) is 4.06. The molecule has 1 spiro atoms. The molecule has 1 saturated heterocycles. The molecule has 5 heteroatoms. The summed E-state index contributed by atoms with van der Waals surface area (Å²) in [4.78, 5) is 26.6. The number of hydrogen-bond acceptors (Lipinski definition) is 3. The molecule has 2 rings (SSSR count). The Hall–Kier alpha value is -0.710. The summed E-state index contributed by atoms with van der Waals surface area (Å²) in [5, 5.41) is 3.00. The first-order valence-electron chi connectivity index (χ1n) is 6.70. The van der Waals surface area contributed by atoms with Crippen LogP contribution < -0.4 is 5.32 Å². The molecule has 0 bridgehead atoms. The normalized spacial score (nSPS) is 27.4. The fraction of sp³-hybridized carbons (Fsp3) is 0.846. The Balaban J connectivity index is 2.22. The topological polar surface area (TPSA) is 49.4 Å². The van der Waals surface area contributed by atoms with Crippen LogP contribution in [0, 0.1) is 0 Å². The number of amides is 2.